The molecule has 0 saturated carbocycles. The summed E-state index contributed by atoms with van der Waals surface area (Å²) >= 11 is 12.1. The Bertz CT molecular complexity index is 514. The number of halogens is 2. The average molecular weight is 281 g/mol. The van der Waals surface area contributed by atoms with Crippen molar-refractivity contribution in [1.29, 1.82) is 0 Å². The number of aromatic nitrogens is 1. The van der Waals surface area contributed by atoms with Gasteiger partial charge in [-0.3, -0.25) is 4.98 Å². The third-order valence-corrected chi connectivity index (χ3v) is 3.42. The standard InChI is InChI=1S/C14H14Cl2N2/c1-10(11-4-6-17-7-5-11)18-9-12-8-13(15)2-3-14(12)16/h2-8,10,18H,9H2,1H3. The van der Waals surface area contributed by atoms with Crippen molar-refractivity contribution < 1.29 is 0 Å². The summed E-state index contributed by atoms with van der Waals surface area (Å²) < 4.78 is 0. The predicted molar refractivity (Wildman–Crippen MR) is 76.0 cm³/mol. The van der Waals surface area contributed by atoms with Gasteiger partial charge in [0.25, 0.3) is 0 Å². The Morgan fingerprint density at radius 3 is 2.61 bits per heavy atom. The molecule has 94 valence electrons. The number of nitrogens with one attached hydrogen (secondary N) is 1. The van der Waals surface area contributed by atoms with Crippen molar-refractivity contribution in [2.75, 3.05) is 0 Å². The first kappa shape index (κ1) is 13.3. The second-order valence-corrected chi connectivity index (χ2v) is 4.96. The molecule has 0 spiro atoms. The fourth-order valence-corrected chi connectivity index (χ4v) is 2.09. The highest BCUT2D eigenvalue weighted by Crippen LogP contribution is 2.21. The third kappa shape index (κ3) is 3.45. The van der Waals surface area contributed by atoms with Crippen LogP contribution in [0.5, 0.6) is 0 Å². The molecule has 4 heteroatoms. The van der Waals surface area contributed by atoms with E-state index in [1.165, 1.54) is 5.56 Å². The van der Waals surface area contributed by atoms with Gasteiger partial charge in [-0.15, -0.1) is 0 Å². The summed E-state index contributed by atoms with van der Waals surface area (Å²) in [6, 6.07) is 9.73. The van der Waals surface area contributed by atoms with Gasteiger partial charge in [-0.25, -0.2) is 0 Å². The van der Waals surface area contributed by atoms with E-state index in [1.54, 1.807) is 18.5 Å². The lowest BCUT2D eigenvalue weighted by Gasteiger charge is -2.14. The predicted octanol–water partition coefficient (Wildman–Crippen LogP) is 4.24. The fourth-order valence-electron chi connectivity index (χ4n) is 1.71. The Hall–Kier alpha value is -1.09. The van der Waals surface area contributed by atoms with Crippen molar-refractivity contribution in [2.45, 2.75) is 19.5 Å². The monoisotopic (exact) mass is 280 g/mol. The van der Waals surface area contributed by atoms with Gasteiger partial charge in [0.1, 0.15) is 0 Å². The van der Waals surface area contributed by atoms with Gasteiger partial charge in [0, 0.05) is 35.0 Å². The maximum atomic E-state index is 6.12. The second kappa shape index (κ2) is 6.19. The molecule has 2 aromatic rings. The molecule has 2 nitrogen and oxygen atoms in total. The lowest BCUT2D eigenvalue weighted by Crippen LogP contribution is -2.18. The van der Waals surface area contributed by atoms with E-state index in [1.807, 2.05) is 24.3 Å². The van der Waals surface area contributed by atoms with E-state index in [9.17, 15) is 0 Å². The molecular weight excluding hydrogens is 267 g/mol. The number of benzene rings is 1. The lowest BCUT2D eigenvalue weighted by molar-refractivity contribution is 0.574. The smallest absolute Gasteiger partial charge is 0.0451 e. The van der Waals surface area contributed by atoms with Crippen LogP contribution >= 0.6 is 23.2 Å². The molecule has 1 atom stereocenters. The van der Waals surface area contributed by atoms with Crippen LogP contribution < -0.4 is 5.32 Å². The van der Waals surface area contributed by atoms with E-state index in [2.05, 4.69) is 17.2 Å². The molecule has 0 amide bonds. The molecular formula is C14H14Cl2N2. The Morgan fingerprint density at radius 2 is 1.89 bits per heavy atom. The van der Waals surface area contributed by atoms with E-state index in [0.29, 0.717) is 11.6 Å². The van der Waals surface area contributed by atoms with Crippen LogP contribution in [0.25, 0.3) is 0 Å². The van der Waals surface area contributed by atoms with E-state index in [4.69, 9.17) is 23.2 Å². The summed E-state index contributed by atoms with van der Waals surface area (Å²) in [6.07, 6.45) is 3.58. The quantitative estimate of drug-likeness (QED) is 0.906. The summed E-state index contributed by atoms with van der Waals surface area (Å²) in [5, 5.41) is 4.84. The molecule has 1 N–H and O–H groups in total. The van der Waals surface area contributed by atoms with Crippen LogP contribution in [0.3, 0.4) is 0 Å². The van der Waals surface area contributed by atoms with Crippen molar-refractivity contribution in [3.8, 4) is 0 Å². The van der Waals surface area contributed by atoms with E-state index in [-0.39, 0.29) is 6.04 Å². The number of hydrogen-bond donors (Lipinski definition) is 1. The fraction of sp³-hybridized carbons (Fsp3) is 0.214. The second-order valence-electron chi connectivity index (χ2n) is 4.12. The molecule has 0 bridgehead atoms. The molecule has 0 radical (unpaired) electrons. The topological polar surface area (TPSA) is 24.9 Å². The zero-order valence-electron chi connectivity index (χ0n) is 10.0. The van der Waals surface area contributed by atoms with Crippen molar-refractivity contribution in [2.24, 2.45) is 0 Å². The number of nitrogens with zero attached hydrogens (tertiary/aromatic N) is 1. The Balaban J connectivity index is 2.01. The summed E-state index contributed by atoms with van der Waals surface area (Å²) in [7, 11) is 0. The average Bonchev–Trinajstić information content (AvgIpc) is 2.40. The molecule has 1 unspecified atom stereocenters. The van der Waals surface area contributed by atoms with Gasteiger partial charge in [0.05, 0.1) is 0 Å². The van der Waals surface area contributed by atoms with Gasteiger partial charge >= 0.3 is 0 Å². The maximum absolute atomic E-state index is 6.12. The first-order chi connectivity index (χ1) is 8.66. The van der Waals surface area contributed by atoms with Crippen LogP contribution in [0.1, 0.15) is 24.1 Å². The number of rotatable bonds is 4. The van der Waals surface area contributed by atoms with Crippen LogP contribution in [0.2, 0.25) is 10.0 Å². The van der Waals surface area contributed by atoms with Crippen LogP contribution in [0, 0.1) is 0 Å². The van der Waals surface area contributed by atoms with E-state index >= 15 is 0 Å². The molecule has 0 aliphatic carbocycles. The highest BCUT2D eigenvalue weighted by Gasteiger charge is 2.06. The van der Waals surface area contributed by atoms with Gasteiger partial charge in [0.15, 0.2) is 0 Å². The highest BCUT2D eigenvalue weighted by atomic mass is 35.5. The van der Waals surface area contributed by atoms with Crippen molar-refractivity contribution >= 4 is 23.2 Å². The first-order valence-corrected chi connectivity index (χ1v) is 6.49. The summed E-state index contributed by atoms with van der Waals surface area (Å²) in [6.45, 7) is 2.79. The maximum Gasteiger partial charge on any atom is 0.0451 e. The Kier molecular flexibility index (Phi) is 4.59. The zero-order valence-corrected chi connectivity index (χ0v) is 11.5. The van der Waals surface area contributed by atoms with Gasteiger partial charge in [-0.2, -0.15) is 0 Å². The van der Waals surface area contributed by atoms with Crippen LogP contribution in [-0.2, 0) is 6.54 Å². The largest absolute Gasteiger partial charge is 0.306 e. The van der Waals surface area contributed by atoms with Gasteiger partial charge in [-0.05, 0) is 48.4 Å². The molecule has 2 rings (SSSR count). The minimum Gasteiger partial charge on any atom is -0.306 e. The van der Waals surface area contributed by atoms with Gasteiger partial charge in [-0.1, -0.05) is 23.2 Å². The Morgan fingerprint density at radius 1 is 1.17 bits per heavy atom. The van der Waals surface area contributed by atoms with Crippen LogP contribution in [0.15, 0.2) is 42.7 Å². The normalized spacial score (nSPS) is 12.4. The minimum atomic E-state index is 0.239. The molecule has 1 aromatic heterocycles. The highest BCUT2D eigenvalue weighted by molar-refractivity contribution is 6.33. The molecule has 18 heavy (non-hydrogen) atoms. The van der Waals surface area contributed by atoms with Crippen molar-refractivity contribution in [3.63, 3.8) is 0 Å². The molecule has 0 aliphatic rings. The molecule has 0 saturated heterocycles. The molecule has 1 heterocycles. The summed E-state index contributed by atoms with van der Waals surface area (Å²) in [4.78, 5) is 4.01. The number of pyridine rings is 1. The lowest BCUT2D eigenvalue weighted by atomic mass is 10.1. The summed E-state index contributed by atoms with van der Waals surface area (Å²) in [5.74, 6) is 0. The van der Waals surface area contributed by atoms with Crippen molar-refractivity contribution in [3.05, 3.63) is 63.9 Å². The minimum absolute atomic E-state index is 0.239. The number of hydrogen-bond acceptors (Lipinski definition) is 2. The van der Waals surface area contributed by atoms with Crippen LogP contribution in [-0.4, -0.2) is 4.98 Å². The first-order valence-electron chi connectivity index (χ1n) is 5.74. The molecule has 0 fully saturated rings. The summed E-state index contributed by atoms with van der Waals surface area (Å²) in [5.41, 5.74) is 2.20. The van der Waals surface area contributed by atoms with Gasteiger partial charge in [0.2, 0.25) is 0 Å². The zero-order chi connectivity index (χ0) is 13.0. The third-order valence-electron chi connectivity index (χ3n) is 2.81. The Labute approximate surface area is 117 Å². The SMILES string of the molecule is CC(NCc1cc(Cl)ccc1Cl)c1ccncc1. The van der Waals surface area contributed by atoms with E-state index < -0.39 is 0 Å². The molecule has 1 aromatic carbocycles. The van der Waals surface area contributed by atoms with Gasteiger partial charge < -0.3 is 5.32 Å². The molecule has 0 aliphatic heterocycles. The van der Waals surface area contributed by atoms with Crippen molar-refractivity contribution in [1.82, 2.24) is 10.3 Å². The van der Waals surface area contributed by atoms with Crippen LogP contribution in [0.4, 0.5) is 0 Å². The van der Waals surface area contributed by atoms with E-state index in [0.717, 1.165) is 10.6 Å².